The zero-order valence-corrected chi connectivity index (χ0v) is 9.74. The van der Waals surface area contributed by atoms with Gasteiger partial charge in [0.1, 0.15) is 5.69 Å². The van der Waals surface area contributed by atoms with Crippen LogP contribution in [0.4, 0.5) is 0 Å². The van der Waals surface area contributed by atoms with E-state index in [0.717, 1.165) is 0 Å². The zero-order chi connectivity index (χ0) is 10.3. The topological polar surface area (TPSA) is 70.3 Å². The van der Waals surface area contributed by atoms with Gasteiger partial charge in [-0.05, 0) is 31.9 Å². The highest BCUT2D eigenvalue weighted by atomic mass is 79.9. The van der Waals surface area contributed by atoms with Crippen LogP contribution in [0.25, 0.3) is 5.65 Å². The molecule has 0 aliphatic rings. The predicted octanol–water partition coefficient (Wildman–Crippen LogP) is 0.618. The van der Waals surface area contributed by atoms with Gasteiger partial charge in [-0.25, -0.2) is 9.50 Å². The van der Waals surface area contributed by atoms with Crippen LogP contribution >= 0.6 is 31.9 Å². The van der Waals surface area contributed by atoms with Crippen molar-refractivity contribution in [2.75, 3.05) is 0 Å². The third-order valence-corrected chi connectivity index (χ3v) is 2.72. The van der Waals surface area contributed by atoms with Crippen LogP contribution in [0.3, 0.4) is 0 Å². The summed E-state index contributed by atoms with van der Waals surface area (Å²) in [5, 5.41) is 14.4. The molecule has 2 aromatic rings. The Morgan fingerprint density at radius 1 is 1.50 bits per heavy atom. The number of carbonyl (C=O) groups excluding carboxylic acids is 1. The molecule has 0 amide bonds. The monoisotopic (exact) mass is 318 g/mol. The first-order valence-electron chi connectivity index (χ1n) is 3.50. The lowest BCUT2D eigenvalue weighted by molar-refractivity contribution is -0.255. The van der Waals surface area contributed by atoms with E-state index in [9.17, 15) is 9.90 Å². The number of hydrogen-bond acceptors (Lipinski definition) is 4. The summed E-state index contributed by atoms with van der Waals surface area (Å²) in [5.74, 6) is -1.33. The highest BCUT2D eigenvalue weighted by Crippen LogP contribution is 2.21. The summed E-state index contributed by atoms with van der Waals surface area (Å²) in [6, 6.07) is 0. The van der Waals surface area contributed by atoms with Gasteiger partial charge in [-0.15, -0.1) is 0 Å². The van der Waals surface area contributed by atoms with E-state index in [1.165, 1.54) is 4.52 Å². The lowest BCUT2D eigenvalue weighted by Gasteiger charge is -1.93. The molecule has 0 aliphatic heterocycles. The fourth-order valence-electron chi connectivity index (χ4n) is 1.01. The molecule has 0 fully saturated rings. The fourth-order valence-corrected chi connectivity index (χ4v) is 1.84. The van der Waals surface area contributed by atoms with E-state index < -0.39 is 5.97 Å². The highest BCUT2D eigenvalue weighted by molar-refractivity contribution is 9.11. The Bertz CT molecular complexity index is 523. The van der Waals surface area contributed by atoms with Crippen molar-refractivity contribution in [2.24, 2.45) is 0 Å². The van der Waals surface area contributed by atoms with Crippen molar-refractivity contribution >= 4 is 43.5 Å². The molecule has 2 aromatic heterocycles. The van der Waals surface area contributed by atoms with E-state index in [4.69, 9.17) is 0 Å². The fraction of sp³-hybridized carbons (Fsp3) is 0. The van der Waals surface area contributed by atoms with Crippen LogP contribution in [0.15, 0.2) is 21.3 Å². The van der Waals surface area contributed by atoms with E-state index in [1.807, 2.05) is 0 Å². The molecule has 14 heavy (non-hydrogen) atoms. The minimum Gasteiger partial charge on any atom is -0.543 e. The van der Waals surface area contributed by atoms with Crippen LogP contribution < -0.4 is 5.11 Å². The maximum Gasteiger partial charge on any atom is 0.170 e. The van der Waals surface area contributed by atoms with Crippen LogP contribution in [-0.4, -0.2) is 20.6 Å². The molecule has 0 aromatic carbocycles. The number of aromatic nitrogens is 3. The summed E-state index contributed by atoms with van der Waals surface area (Å²) in [4.78, 5) is 14.6. The number of carboxylic acids is 1. The van der Waals surface area contributed by atoms with Crippen molar-refractivity contribution in [1.29, 1.82) is 0 Å². The largest absolute Gasteiger partial charge is 0.543 e. The third-order valence-electron chi connectivity index (χ3n) is 1.58. The smallest absolute Gasteiger partial charge is 0.170 e. The van der Waals surface area contributed by atoms with E-state index in [0.29, 0.717) is 14.6 Å². The Labute approximate surface area is 95.0 Å². The number of fused-ring (bicyclic) bond motifs is 1. The lowest BCUT2D eigenvalue weighted by Crippen LogP contribution is -2.23. The van der Waals surface area contributed by atoms with Gasteiger partial charge in [0, 0.05) is 12.4 Å². The first-order valence-corrected chi connectivity index (χ1v) is 5.09. The molecule has 0 aliphatic carbocycles. The average Bonchev–Trinajstić information content (AvgIpc) is 2.43. The van der Waals surface area contributed by atoms with Crippen molar-refractivity contribution in [1.82, 2.24) is 14.6 Å². The van der Waals surface area contributed by atoms with Crippen LogP contribution in [0.1, 0.15) is 10.5 Å². The summed E-state index contributed by atoms with van der Waals surface area (Å²) in [5.41, 5.74) is 0.281. The van der Waals surface area contributed by atoms with Crippen molar-refractivity contribution < 1.29 is 9.90 Å². The van der Waals surface area contributed by atoms with Gasteiger partial charge < -0.3 is 9.90 Å². The molecule has 72 valence electrons. The maximum atomic E-state index is 10.6. The van der Waals surface area contributed by atoms with Crippen LogP contribution in [-0.2, 0) is 0 Å². The summed E-state index contributed by atoms with van der Waals surface area (Å²) in [6.45, 7) is 0. The minimum atomic E-state index is -1.33. The Balaban J connectivity index is 2.79. The first kappa shape index (κ1) is 9.60. The quantitative estimate of drug-likeness (QED) is 0.772. The van der Waals surface area contributed by atoms with Gasteiger partial charge in [0.05, 0.1) is 14.9 Å². The van der Waals surface area contributed by atoms with Crippen molar-refractivity contribution in [2.45, 2.75) is 0 Å². The third kappa shape index (κ3) is 1.42. The standard InChI is InChI=1S/C7H3Br2N3O2/c8-3-1-10-6-4(9)5(7(13)14)11-12(6)2-3/h1-2H,(H,13,14)/p-1. The van der Waals surface area contributed by atoms with Gasteiger partial charge in [0.15, 0.2) is 5.65 Å². The van der Waals surface area contributed by atoms with Gasteiger partial charge >= 0.3 is 0 Å². The van der Waals surface area contributed by atoms with Gasteiger partial charge in [0.2, 0.25) is 0 Å². The number of carboxylic acid groups (broad SMARTS) is 1. The number of aromatic carboxylic acids is 1. The van der Waals surface area contributed by atoms with Crippen LogP contribution in [0.5, 0.6) is 0 Å². The Kier molecular flexibility index (Phi) is 2.28. The number of hydrogen-bond donors (Lipinski definition) is 0. The van der Waals surface area contributed by atoms with Crippen molar-refractivity contribution in [3.63, 3.8) is 0 Å². The van der Waals surface area contributed by atoms with Gasteiger partial charge in [-0.1, -0.05) is 0 Å². The molecular weight excluding hydrogens is 318 g/mol. The van der Waals surface area contributed by atoms with E-state index in [2.05, 4.69) is 41.9 Å². The molecule has 0 bridgehead atoms. The summed E-state index contributed by atoms with van der Waals surface area (Å²) < 4.78 is 2.40. The molecule has 0 radical (unpaired) electrons. The van der Waals surface area contributed by atoms with Crippen molar-refractivity contribution in [3.05, 3.63) is 27.0 Å². The SMILES string of the molecule is O=C([O-])c1nn2cc(Br)cnc2c1Br. The number of carbonyl (C=O) groups is 1. The second-order valence-corrected chi connectivity index (χ2v) is 4.20. The molecule has 7 heteroatoms. The Morgan fingerprint density at radius 3 is 2.86 bits per heavy atom. The lowest BCUT2D eigenvalue weighted by atomic mass is 10.4. The second kappa shape index (κ2) is 3.32. The number of halogens is 2. The molecule has 0 atom stereocenters. The summed E-state index contributed by atoms with van der Waals surface area (Å²) in [6.07, 6.45) is 3.17. The number of rotatable bonds is 1. The second-order valence-electron chi connectivity index (χ2n) is 2.49. The van der Waals surface area contributed by atoms with E-state index >= 15 is 0 Å². The summed E-state index contributed by atoms with van der Waals surface area (Å²) >= 11 is 6.30. The van der Waals surface area contributed by atoms with Gasteiger partial charge in [-0.3, -0.25) is 0 Å². The van der Waals surface area contributed by atoms with E-state index in [-0.39, 0.29) is 5.69 Å². The van der Waals surface area contributed by atoms with E-state index in [1.54, 1.807) is 12.4 Å². The Hall–Kier alpha value is -0.950. The molecule has 0 saturated carbocycles. The number of nitrogens with zero attached hydrogens (tertiary/aromatic N) is 3. The van der Waals surface area contributed by atoms with Crippen molar-refractivity contribution in [3.8, 4) is 0 Å². The molecule has 0 spiro atoms. The normalized spacial score (nSPS) is 10.7. The molecule has 0 saturated heterocycles. The minimum absolute atomic E-state index is 0.157. The molecular formula is C7H2Br2N3O2-. The molecule has 2 heterocycles. The molecule has 2 rings (SSSR count). The predicted molar refractivity (Wildman–Crippen MR) is 52.7 cm³/mol. The highest BCUT2D eigenvalue weighted by Gasteiger charge is 2.11. The molecule has 0 unspecified atom stereocenters. The van der Waals surface area contributed by atoms with Gasteiger partial charge in [0.25, 0.3) is 0 Å². The average molecular weight is 320 g/mol. The molecule has 0 N–H and O–H groups in total. The van der Waals surface area contributed by atoms with Crippen LogP contribution in [0, 0.1) is 0 Å². The molecule has 5 nitrogen and oxygen atoms in total. The maximum absolute atomic E-state index is 10.6. The first-order chi connectivity index (χ1) is 6.59. The zero-order valence-electron chi connectivity index (χ0n) is 6.57. The Morgan fingerprint density at radius 2 is 2.21 bits per heavy atom. The van der Waals surface area contributed by atoms with Crippen LogP contribution in [0.2, 0.25) is 0 Å². The summed E-state index contributed by atoms with van der Waals surface area (Å²) in [7, 11) is 0. The van der Waals surface area contributed by atoms with Gasteiger partial charge in [-0.2, -0.15) is 5.10 Å².